The van der Waals surface area contributed by atoms with E-state index in [1.54, 1.807) is 23.1 Å². The molecule has 228 valence electrons. The number of aromatic hydroxyl groups is 1. The van der Waals surface area contributed by atoms with Gasteiger partial charge in [-0.3, -0.25) is 9.58 Å². The van der Waals surface area contributed by atoms with Crippen molar-refractivity contribution in [1.29, 1.82) is 0 Å². The van der Waals surface area contributed by atoms with Crippen LogP contribution in [-0.4, -0.2) is 61.3 Å². The fraction of sp³-hybridized carbons (Fsp3) is 0.303. The van der Waals surface area contributed by atoms with Gasteiger partial charge in [0.15, 0.2) is 0 Å². The Labute approximate surface area is 258 Å². The zero-order valence-electron chi connectivity index (χ0n) is 24.9. The molecular weight excluding hydrogens is 583 g/mol. The van der Waals surface area contributed by atoms with Crippen LogP contribution in [0, 0.1) is 5.82 Å². The van der Waals surface area contributed by atoms with Crippen LogP contribution in [0.25, 0.3) is 43.9 Å². The molecule has 0 fully saturated rings. The Morgan fingerprint density at radius 2 is 1.89 bits per heavy atom. The zero-order valence-corrected chi connectivity index (χ0v) is 25.7. The van der Waals surface area contributed by atoms with Crippen molar-refractivity contribution in [2.75, 3.05) is 19.8 Å². The molecule has 1 aliphatic rings. The number of benzene rings is 2. The SMILES string of the molecule is C[C@@H]1c2cc(-c3nc(-c4ccccc4O)c4ccsc4c3-c3ccc(F)cc3OCCO)nn2CCN1C(=O)OC(C)(C)C. The van der Waals surface area contributed by atoms with Crippen LogP contribution in [0.1, 0.15) is 39.4 Å². The average molecular weight is 617 g/mol. The number of rotatable bonds is 6. The smallest absolute Gasteiger partial charge is 0.410 e. The molecule has 3 aromatic heterocycles. The molecule has 1 atom stereocenters. The topological polar surface area (TPSA) is 110 Å². The van der Waals surface area contributed by atoms with E-state index in [9.17, 15) is 19.4 Å². The van der Waals surface area contributed by atoms with E-state index >= 15 is 0 Å². The molecule has 4 heterocycles. The molecule has 0 unspecified atom stereocenters. The van der Waals surface area contributed by atoms with Gasteiger partial charge in [0.25, 0.3) is 0 Å². The van der Waals surface area contributed by atoms with Crippen LogP contribution < -0.4 is 4.74 Å². The predicted molar refractivity (Wildman–Crippen MR) is 167 cm³/mol. The summed E-state index contributed by atoms with van der Waals surface area (Å²) in [5, 5.41) is 28.0. The fourth-order valence-electron chi connectivity index (χ4n) is 5.51. The molecule has 0 spiro atoms. The summed E-state index contributed by atoms with van der Waals surface area (Å²) in [6, 6.07) is 14.9. The quantitative estimate of drug-likeness (QED) is 0.211. The van der Waals surface area contributed by atoms with Gasteiger partial charge in [-0.05, 0) is 69.5 Å². The summed E-state index contributed by atoms with van der Waals surface area (Å²) >= 11 is 1.49. The standard InChI is InChI=1S/C33H33FN4O5S/c1-19-25-18-24(36-38(25)13-12-37(19)32(41)43-33(2,3)4)30-28(22-10-9-20(34)17-27(22)42-15-14-39)31-23(11-16-44-31)29(35-30)21-7-5-6-8-26(21)40/h5-11,16-19,39-40H,12-15H2,1-4H3/t19-/m1/s1. The van der Waals surface area contributed by atoms with Gasteiger partial charge in [0.05, 0.1) is 30.6 Å². The lowest BCUT2D eigenvalue weighted by Gasteiger charge is -2.35. The maximum absolute atomic E-state index is 14.5. The minimum Gasteiger partial charge on any atom is -0.507 e. The van der Waals surface area contributed by atoms with Crippen LogP contribution in [-0.2, 0) is 11.3 Å². The Morgan fingerprint density at radius 3 is 2.64 bits per heavy atom. The van der Waals surface area contributed by atoms with Crippen molar-refractivity contribution < 1.29 is 28.9 Å². The number of aliphatic hydroxyl groups is 1. The number of thiophene rings is 1. The lowest BCUT2D eigenvalue weighted by atomic mass is 9.96. The predicted octanol–water partition coefficient (Wildman–Crippen LogP) is 7.02. The van der Waals surface area contributed by atoms with E-state index in [-0.39, 0.29) is 30.8 Å². The minimum absolute atomic E-state index is 0.0143. The van der Waals surface area contributed by atoms with E-state index < -0.39 is 17.5 Å². The summed E-state index contributed by atoms with van der Waals surface area (Å²) in [5.74, 6) is -0.121. The molecule has 0 bridgehead atoms. The molecule has 9 nitrogen and oxygen atoms in total. The minimum atomic E-state index is -0.626. The van der Waals surface area contributed by atoms with Crippen LogP contribution in [0.2, 0.25) is 0 Å². The van der Waals surface area contributed by atoms with E-state index in [1.165, 1.54) is 23.5 Å². The molecule has 0 saturated heterocycles. The number of carbonyl (C=O) groups excluding carboxylic acids is 1. The number of para-hydroxylation sites is 1. The van der Waals surface area contributed by atoms with Crippen molar-refractivity contribution in [2.45, 2.75) is 45.9 Å². The molecule has 5 aromatic rings. The second-order valence-corrected chi connectivity index (χ2v) is 12.5. The molecular formula is C33H33FN4O5S. The van der Waals surface area contributed by atoms with Crippen LogP contribution >= 0.6 is 11.3 Å². The highest BCUT2D eigenvalue weighted by atomic mass is 32.1. The van der Waals surface area contributed by atoms with Crippen molar-refractivity contribution in [3.63, 3.8) is 0 Å². The maximum atomic E-state index is 14.5. The second kappa shape index (κ2) is 11.5. The van der Waals surface area contributed by atoms with Gasteiger partial charge in [0, 0.05) is 39.4 Å². The molecule has 0 saturated carbocycles. The van der Waals surface area contributed by atoms with Crippen LogP contribution in [0.15, 0.2) is 60.0 Å². The summed E-state index contributed by atoms with van der Waals surface area (Å²) < 4.78 is 28.7. The summed E-state index contributed by atoms with van der Waals surface area (Å²) in [5.41, 5.74) is 3.67. The van der Waals surface area contributed by atoms with Gasteiger partial charge in [-0.25, -0.2) is 14.2 Å². The lowest BCUT2D eigenvalue weighted by molar-refractivity contribution is 0.0120. The number of nitrogens with zero attached hydrogens (tertiary/aromatic N) is 4. The number of hydrogen-bond donors (Lipinski definition) is 2. The van der Waals surface area contributed by atoms with Crippen molar-refractivity contribution in [3.05, 3.63) is 71.5 Å². The Hall–Kier alpha value is -4.48. The zero-order chi connectivity index (χ0) is 31.2. The number of fused-ring (bicyclic) bond motifs is 2. The van der Waals surface area contributed by atoms with Crippen LogP contribution in [0.4, 0.5) is 9.18 Å². The van der Waals surface area contributed by atoms with Gasteiger partial charge in [0.2, 0.25) is 0 Å². The van der Waals surface area contributed by atoms with Crippen molar-refractivity contribution in [3.8, 4) is 45.3 Å². The third-order valence-electron chi connectivity index (χ3n) is 7.46. The largest absolute Gasteiger partial charge is 0.507 e. The molecule has 44 heavy (non-hydrogen) atoms. The van der Waals surface area contributed by atoms with Gasteiger partial charge in [0.1, 0.15) is 40.9 Å². The molecule has 0 radical (unpaired) electrons. The first-order valence-corrected chi connectivity index (χ1v) is 15.2. The number of ether oxygens (including phenoxy) is 2. The molecule has 6 rings (SSSR count). The van der Waals surface area contributed by atoms with Gasteiger partial charge in [-0.2, -0.15) is 5.10 Å². The molecule has 2 N–H and O–H groups in total. The Balaban J connectivity index is 1.57. The molecule has 2 aromatic carbocycles. The van der Waals surface area contributed by atoms with Crippen molar-refractivity contribution in [2.24, 2.45) is 0 Å². The molecule has 11 heteroatoms. The Bertz CT molecular complexity index is 1860. The van der Waals surface area contributed by atoms with E-state index in [0.717, 1.165) is 15.8 Å². The van der Waals surface area contributed by atoms with Gasteiger partial charge in [-0.1, -0.05) is 12.1 Å². The van der Waals surface area contributed by atoms with E-state index in [4.69, 9.17) is 19.6 Å². The normalized spacial score (nSPS) is 15.0. The number of phenols is 1. The number of halogens is 1. The van der Waals surface area contributed by atoms with E-state index in [2.05, 4.69) is 0 Å². The third kappa shape index (κ3) is 5.48. The first kappa shape index (κ1) is 29.6. The average Bonchev–Trinajstić information content (AvgIpc) is 3.64. The highest BCUT2D eigenvalue weighted by Gasteiger charge is 2.33. The third-order valence-corrected chi connectivity index (χ3v) is 8.39. The number of aliphatic hydroxyl groups excluding tert-OH is 1. The number of pyridine rings is 1. The van der Waals surface area contributed by atoms with Gasteiger partial charge in [-0.15, -0.1) is 11.3 Å². The molecule has 0 aliphatic carbocycles. The second-order valence-electron chi connectivity index (χ2n) is 11.6. The Kier molecular flexibility index (Phi) is 7.77. The van der Waals surface area contributed by atoms with Crippen molar-refractivity contribution >= 4 is 27.5 Å². The Morgan fingerprint density at radius 1 is 1.09 bits per heavy atom. The first-order valence-electron chi connectivity index (χ1n) is 14.4. The summed E-state index contributed by atoms with van der Waals surface area (Å²) in [6.07, 6.45) is -0.392. The maximum Gasteiger partial charge on any atom is 0.410 e. The number of amides is 1. The fourth-order valence-corrected chi connectivity index (χ4v) is 6.46. The van der Waals surface area contributed by atoms with Gasteiger partial charge >= 0.3 is 6.09 Å². The van der Waals surface area contributed by atoms with E-state index in [0.29, 0.717) is 46.9 Å². The van der Waals surface area contributed by atoms with E-state index in [1.807, 2.05) is 62.0 Å². The lowest BCUT2D eigenvalue weighted by Crippen LogP contribution is -2.43. The number of aromatic nitrogens is 3. The summed E-state index contributed by atoms with van der Waals surface area (Å²) in [7, 11) is 0. The highest BCUT2D eigenvalue weighted by molar-refractivity contribution is 7.18. The number of carbonyl (C=O) groups is 1. The van der Waals surface area contributed by atoms with Crippen molar-refractivity contribution in [1.82, 2.24) is 19.7 Å². The number of phenolic OH excluding ortho intramolecular Hbond substituents is 1. The summed E-state index contributed by atoms with van der Waals surface area (Å²) in [4.78, 5) is 19.9. The number of hydrogen-bond acceptors (Lipinski definition) is 8. The monoisotopic (exact) mass is 616 g/mol. The van der Waals surface area contributed by atoms with Crippen LogP contribution in [0.3, 0.4) is 0 Å². The first-order chi connectivity index (χ1) is 21.1. The summed E-state index contributed by atoms with van der Waals surface area (Å²) in [6.45, 7) is 8.09. The van der Waals surface area contributed by atoms with Crippen LogP contribution in [0.5, 0.6) is 11.5 Å². The molecule has 1 amide bonds. The van der Waals surface area contributed by atoms with Gasteiger partial charge < -0.3 is 19.7 Å². The molecule has 1 aliphatic heterocycles. The highest BCUT2D eigenvalue weighted by Crippen LogP contribution is 2.47.